The van der Waals surface area contributed by atoms with Crippen LogP contribution in [0, 0.1) is 11.8 Å². The summed E-state index contributed by atoms with van der Waals surface area (Å²) in [5, 5.41) is 8.05. The van der Waals surface area contributed by atoms with Gasteiger partial charge in [-0.2, -0.15) is 5.10 Å². The maximum atomic E-state index is 5.09. The molecule has 0 amide bonds. The van der Waals surface area contributed by atoms with Crippen molar-refractivity contribution in [3.05, 3.63) is 12.2 Å². The molecule has 0 aromatic rings. The minimum absolute atomic E-state index is 0.353. The van der Waals surface area contributed by atoms with Crippen LogP contribution in [0.1, 0.15) is 26.7 Å². The Morgan fingerprint density at radius 2 is 2.40 bits per heavy atom. The van der Waals surface area contributed by atoms with E-state index in [0.29, 0.717) is 17.1 Å². The summed E-state index contributed by atoms with van der Waals surface area (Å²) in [6, 6.07) is 0.353. The van der Waals surface area contributed by atoms with Gasteiger partial charge in [0, 0.05) is 17.7 Å². The van der Waals surface area contributed by atoms with Crippen molar-refractivity contribution in [3.63, 3.8) is 0 Å². The zero-order valence-electron chi connectivity index (χ0n) is 9.16. The summed E-state index contributed by atoms with van der Waals surface area (Å²) in [6.07, 6.45) is 6.85. The lowest BCUT2D eigenvalue weighted by atomic mass is 9.74. The minimum atomic E-state index is 0.353. The van der Waals surface area contributed by atoms with Crippen LogP contribution >= 0.6 is 12.2 Å². The number of nitrogens with zero attached hydrogens (tertiary/aromatic N) is 1. The Morgan fingerprint density at radius 3 is 3.07 bits per heavy atom. The molecule has 0 heterocycles. The number of nitrogens with one attached hydrogen (secondary N) is 2. The van der Waals surface area contributed by atoms with Crippen molar-refractivity contribution in [2.45, 2.75) is 32.7 Å². The zero-order valence-corrected chi connectivity index (χ0v) is 9.97. The first kappa shape index (κ1) is 10.6. The van der Waals surface area contributed by atoms with E-state index in [4.69, 9.17) is 12.2 Å². The monoisotopic (exact) mass is 223 g/mol. The van der Waals surface area contributed by atoms with Crippen molar-refractivity contribution < 1.29 is 0 Å². The number of hydrogen-bond acceptors (Lipinski definition) is 2. The summed E-state index contributed by atoms with van der Waals surface area (Å²) in [5.74, 6) is 1.40. The predicted molar refractivity (Wildman–Crippen MR) is 66.8 cm³/mol. The summed E-state index contributed by atoms with van der Waals surface area (Å²) >= 11 is 5.09. The molecule has 1 saturated carbocycles. The zero-order chi connectivity index (χ0) is 10.8. The van der Waals surface area contributed by atoms with Gasteiger partial charge in [-0.25, -0.2) is 0 Å². The van der Waals surface area contributed by atoms with Gasteiger partial charge >= 0.3 is 0 Å². The molecule has 1 fully saturated rings. The van der Waals surface area contributed by atoms with Gasteiger partial charge in [-0.15, -0.1) is 0 Å². The van der Waals surface area contributed by atoms with E-state index in [1.54, 1.807) is 0 Å². The van der Waals surface area contributed by atoms with E-state index >= 15 is 0 Å². The standard InChI is InChI=1S/C11H17N3S/c1-7(2)12-11(15)14-13-10-6-8-4-3-5-9(8)10/h3,5,7-9H,4,6H2,1-2H3,(H2,12,14,15)/b13-10-/t8-,9+/m1/s1. The molecule has 0 aromatic heterocycles. The van der Waals surface area contributed by atoms with Gasteiger partial charge < -0.3 is 5.32 Å². The van der Waals surface area contributed by atoms with Gasteiger partial charge in [0.25, 0.3) is 0 Å². The van der Waals surface area contributed by atoms with Crippen molar-refractivity contribution in [2.24, 2.45) is 16.9 Å². The summed E-state index contributed by atoms with van der Waals surface area (Å²) in [5.41, 5.74) is 4.14. The van der Waals surface area contributed by atoms with E-state index in [9.17, 15) is 0 Å². The highest BCUT2D eigenvalue weighted by atomic mass is 32.1. The highest BCUT2D eigenvalue weighted by molar-refractivity contribution is 7.80. The smallest absolute Gasteiger partial charge is 0.187 e. The topological polar surface area (TPSA) is 36.4 Å². The normalized spacial score (nSPS) is 30.2. The third-order valence-electron chi connectivity index (χ3n) is 2.87. The van der Waals surface area contributed by atoms with Crippen molar-refractivity contribution in [2.75, 3.05) is 0 Å². The average molecular weight is 223 g/mol. The number of allylic oxidation sites excluding steroid dienone is 2. The van der Waals surface area contributed by atoms with Crippen molar-refractivity contribution in [1.29, 1.82) is 0 Å². The molecule has 0 spiro atoms. The molecule has 2 rings (SSSR count). The fourth-order valence-corrected chi connectivity index (χ4v) is 2.36. The first-order chi connectivity index (χ1) is 7.16. The molecule has 0 radical (unpaired) electrons. The number of hydrogen-bond donors (Lipinski definition) is 2. The van der Waals surface area contributed by atoms with Crippen LogP contribution in [0.25, 0.3) is 0 Å². The van der Waals surface area contributed by atoms with E-state index in [1.807, 2.05) is 0 Å². The molecule has 2 aliphatic rings. The van der Waals surface area contributed by atoms with Crippen LogP contribution in [0.5, 0.6) is 0 Å². The second-order valence-corrected chi connectivity index (χ2v) is 4.91. The van der Waals surface area contributed by atoms with Crippen LogP contribution < -0.4 is 10.7 Å². The number of hydrazone groups is 1. The minimum Gasteiger partial charge on any atom is -0.359 e. The van der Waals surface area contributed by atoms with Crippen LogP contribution in [0.4, 0.5) is 0 Å². The summed E-state index contributed by atoms with van der Waals surface area (Å²) in [4.78, 5) is 0. The maximum absolute atomic E-state index is 5.09. The summed E-state index contributed by atoms with van der Waals surface area (Å²) in [6.45, 7) is 4.11. The molecule has 3 nitrogen and oxygen atoms in total. The highest BCUT2D eigenvalue weighted by Crippen LogP contribution is 2.39. The molecule has 0 bridgehead atoms. The molecule has 0 aromatic carbocycles. The largest absolute Gasteiger partial charge is 0.359 e. The molecule has 15 heavy (non-hydrogen) atoms. The van der Waals surface area contributed by atoms with E-state index < -0.39 is 0 Å². The molecule has 4 heteroatoms. The third-order valence-corrected chi connectivity index (χ3v) is 3.08. The highest BCUT2D eigenvalue weighted by Gasteiger charge is 2.37. The molecule has 2 atom stereocenters. The van der Waals surface area contributed by atoms with Crippen LogP contribution in [-0.2, 0) is 0 Å². The Labute approximate surface area is 96.0 Å². The molecule has 2 N–H and O–H groups in total. The summed E-state index contributed by atoms with van der Waals surface area (Å²) < 4.78 is 0. The van der Waals surface area contributed by atoms with E-state index in [0.717, 1.165) is 12.3 Å². The van der Waals surface area contributed by atoms with Crippen molar-refractivity contribution >= 4 is 23.0 Å². The summed E-state index contributed by atoms with van der Waals surface area (Å²) in [7, 11) is 0. The first-order valence-corrected chi connectivity index (χ1v) is 5.87. The van der Waals surface area contributed by atoms with Crippen LogP contribution in [-0.4, -0.2) is 16.9 Å². The second-order valence-electron chi connectivity index (χ2n) is 4.50. The number of rotatable bonds is 2. The van der Waals surface area contributed by atoms with Gasteiger partial charge in [0.15, 0.2) is 5.11 Å². The van der Waals surface area contributed by atoms with Gasteiger partial charge in [0.05, 0.1) is 0 Å². The Morgan fingerprint density at radius 1 is 1.60 bits per heavy atom. The van der Waals surface area contributed by atoms with E-state index in [-0.39, 0.29) is 0 Å². The first-order valence-electron chi connectivity index (χ1n) is 5.46. The Hall–Kier alpha value is -0.900. The quantitative estimate of drug-likeness (QED) is 0.426. The molecule has 2 aliphatic carbocycles. The van der Waals surface area contributed by atoms with Gasteiger partial charge in [-0.3, -0.25) is 5.43 Å². The fraction of sp³-hybridized carbons (Fsp3) is 0.636. The third kappa shape index (κ3) is 2.37. The Balaban J connectivity index is 1.80. The Bertz CT molecular complexity index is 320. The SMILES string of the molecule is CC(C)NC(=S)N/N=C1/C[C@H]2CC=C[C@H]12. The van der Waals surface area contributed by atoms with Crippen LogP contribution in [0.15, 0.2) is 17.3 Å². The Kier molecular flexibility index (Phi) is 3.05. The molecular weight excluding hydrogens is 206 g/mol. The van der Waals surface area contributed by atoms with Gasteiger partial charge in [-0.05, 0) is 44.8 Å². The van der Waals surface area contributed by atoms with Crippen LogP contribution in [0.3, 0.4) is 0 Å². The molecule has 0 aliphatic heterocycles. The molecule has 0 saturated heterocycles. The van der Waals surface area contributed by atoms with Crippen molar-refractivity contribution in [3.8, 4) is 0 Å². The lowest BCUT2D eigenvalue weighted by Crippen LogP contribution is -2.40. The van der Waals surface area contributed by atoms with Crippen LogP contribution in [0.2, 0.25) is 0 Å². The van der Waals surface area contributed by atoms with Gasteiger partial charge in [0.2, 0.25) is 0 Å². The maximum Gasteiger partial charge on any atom is 0.187 e. The number of thiocarbonyl (C=S) groups is 1. The van der Waals surface area contributed by atoms with E-state index in [1.165, 1.54) is 12.1 Å². The fourth-order valence-electron chi connectivity index (χ4n) is 2.08. The average Bonchev–Trinajstić information content (AvgIpc) is 2.46. The second kappa shape index (κ2) is 4.31. The predicted octanol–water partition coefficient (Wildman–Crippen LogP) is 1.81. The van der Waals surface area contributed by atoms with E-state index in [2.05, 4.69) is 41.8 Å². The lowest BCUT2D eigenvalue weighted by molar-refractivity contribution is 0.444. The van der Waals surface area contributed by atoms with Crippen molar-refractivity contribution in [1.82, 2.24) is 10.7 Å². The van der Waals surface area contributed by atoms with Gasteiger partial charge in [0.1, 0.15) is 0 Å². The number of fused-ring (bicyclic) bond motifs is 1. The molecule has 0 unspecified atom stereocenters. The molecule has 82 valence electrons. The lowest BCUT2D eigenvalue weighted by Gasteiger charge is -2.31. The van der Waals surface area contributed by atoms with Gasteiger partial charge in [-0.1, -0.05) is 12.2 Å². The molecular formula is C11H17N3S.